The largest absolute Gasteiger partial charge is 0.325 e. The van der Waals surface area contributed by atoms with E-state index in [1.54, 1.807) is 12.1 Å². The van der Waals surface area contributed by atoms with E-state index in [2.05, 4.69) is 5.32 Å². The molecule has 1 rings (SSSR count). The molecule has 0 spiro atoms. The lowest BCUT2D eigenvalue weighted by molar-refractivity contribution is -0.119. The van der Waals surface area contributed by atoms with E-state index < -0.39 is 0 Å². The second-order valence-electron chi connectivity index (χ2n) is 6.38. The number of rotatable bonds is 7. The Morgan fingerprint density at radius 1 is 1.00 bits per heavy atom. The Morgan fingerprint density at radius 3 is 2.14 bits per heavy atom. The average Bonchev–Trinajstić information content (AvgIpc) is 2.33. The summed E-state index contributed by atoms with van der Waals surface area (Å²) in [4.78, 5) is 23.7. The molecule has 0 aromatic heterocycles. The first-order valence-electron chi connectivity index (χ1n) is 7.48. The van der Waals surface area contributed by atoms with Crippen molar-refractivity contribution >= 4 is 40.6 Å². The number of anilines is 1. The Kier molecular flexibility index (Phi) is 7.37. The number of amides is 1. The van der Waals surface area contributed by atoms with Crippen LogP contribution >= 0.6 is 23.2 Å². The van der Waals surface area contributed by atoms with Gasteiger partial charge in [0.25, 0.3) is 0 Å². The Hall–Kier alpha value is -1.06. The van der Waals surface area contributed by atoms with Gasteiger partial charge < -0.3 is 5.32 Å². The highest BCUT2D eigenvalue weighted by molar-refractivity contribution is 6.36. The molecule has 0 bridgehead atoms. The van der Waals surface area contributed by atoms with Gasteiger partial charge in [-0.15, -0.1) is 0 Å². The molecule has 1 aromatic rings. The molecule has 1 N–H and O–H groups in total. The van der Waals surface area contributed by atoms with E-state index in [0.717, 1.165) is 0 Å². The van der Waals surface area contributed by atoms with Gasteiger partial charge in [-0.2, -0.15) is 0 Å². The standard InChI is InChI=1S/C17H23Cl2NO2/c1-10(2)5-13(21)7-12-8-15(19)16(9-14(12)18)20-17(22)6-11(3)4/h8-11H,5-7H2,1-4H3,(H,20,22). The summed E-state index contributed by atoms with van der Waals surface area (Å²) >= 11 is 12.4. The van der Waals surface area contributed by atoms with Crippen LogP contribution in [-0.4, -0.2) is 11.7 Å². The first kappa shape index (κ1) is 19.0. The van der Waals surface area contributed by atoms with Crippen molar-refractivity contribution in [3.05, 3.63) is 27.7 Å². The van der Waals surface area contributed by atoms with Crippen LogP contribution in [0.3, 0.4) is 0 Å². The molecule has 22 heavy (non-hydrogen) atoms. The Balaban J connectivity index is 2.83. The van der Waals surface area contributed by atoms with Crippen molar-refractivity contribution in [3.8, 4) is 0 Å². The number of hydrogen-bond acceptors (Lipinski definition) is 2. The molecule has 1 aromatic carbocycles. The van der Waals surface area contributed by atoms with Crippen LogP contribution in [0.1, 0.15) is 46.1 Å². The summed E-state index contributed by atoms with van der Waals surface area (Å²) in [5, 5.41) is 3.60. The normalized spacial score (nSPS) is 11.1. The van der Waals surface area contributed by atoms with Crippen LogP contribution in [0.15, 0.2) is 12.1 Å². The van der Waals surface area contributed by atoms with Crippen LogP contribution in [-0.2, 0) is 16.0 Å². The van der Waals surface area contributed by atoms with Gasteiger partial charge in [0.1, 0.15) is 5.78 Å². The van der Waals surface area contributed by atoms with Crippen LogP contribution < -0.4 is 5.32 Å². The number of carbonyl (C=O) groups excluding carboxylic acids is 2. The fourth-order valence-corrected chi connectivity index (χ4v) is 2.60. The predicted octanol–water partition coefficient (Wildman–Crippen LogP) is 5.14. The molecule has 1 amide bonds. The molecule has 0 atom stereocenters. The highest BCUT2D eigenvalue weighted by Crippen LogP contribution is 2.30. The van der Waals surface area contributed by atoms with Crippen molar-refractivity contribution in [1.82, 2.24) is 0 Å². The lowest BCUT2D eigenvalue weighted by atomic mass is 10.0. The third kappa shape index (κ3) is 6.37. The molecule has 0 saturated heterocycles. The van der Waals surface area contributed by atoms with Gasteiger partial charge in [0, 0.05) is 24.3 Å². The summed E-state index contributed by atoms with van der Waals surface area (Å²) in [6, 6.07) is 3.27. The first-order chi connectivity index (χ1) is 10.2. The zero-order valence-corrected chi connectivity index (χ0v) is 15.0. The number of benzene rings is 1. The van der Waals surface area contributed by atoms with Crippen molar-refractivity contribution in [2.45, 2.75) is 47.0 Å². The maximum atomic E-state index is 11.9. The van der Waals surface area contributed by atoms with E-state index in [9.17, 15) is 9.59 Å². The molecule has 0 radical (unpaired) electrons. The molecular formula is C17H23Cl2NO2. The maximum absolute atomic E-state index is 11.9. The van der Waals surface area contributed by atoms with Crippen LogP contribution in [0.4, 0.5) is 5.69 Å². The second-order valence-corrected chi connectivity index (χ2v) is 7.20. The molecule has 5 heteroatoms. The predicted molar refractivity (Wildman–Crippen MR) is 92.7 cm³/mol. The molecular weight excluding hydrogens is 321 g/mol. The lowest BCUT2D eigenvalue weighted by Crippen LogP contribution is -2.14. The van der Waals surface area contributed by atoms with Crippen molar-refractivity contribution in [3.63, 3.8) is 0 Å². The van der Waals surface area contributed by atoms with Gasteiger partial charge in [-0.25, -0.2) is 0 Å². The van der Waals surface area contributed by atoms with Crippen molar-refractivity contribution in [1.29, 1.82) is 0 Å². The minimum Gasteiger partial charge on any atom is -0.325 e. The van der Waals surface area contributed by atoms with Crippen molar-refractivity contribution in [2.75, 3.05) is 5.32 Å². The van der Waals surface area contributed by atoms with Crippen LogP contribution in [0.5, 0.6) is 0 Å². The summed E-state index contributed by atoms with van der Waals surface area (Å²) < 4.78 is 0. The molecule has 0 saturated carbocycles. The van der Waals surface area contributed by atoms with Gasteiger partial charge >= 0.3 is 0 Å². The van der Waals surface area contributed by atoms with Gasteiger partial charge in [0.2, 0.25) is 5.91 Å². The summed E-state index contributed by atoms with van der Waals surface area (Å²) in [6.07, 6.45) is 1.19. The first-order valence-corrected chi connectivity index (χ1v) is 8.24. The van der Waals surface area contributed by atoms with E-state index in [0.29, 0.717) is 40.1 Å². The molecule has 0 aliphatic carbocycles. The topological polar surface area (TPSA) is 46.2 Å². The number of carbonyl (C=O) groups is 2. The molecule has 0 aliphatic heterocycles. The zero-order chi connectivity index (χ0) is 16.9. The molecule has 3 nitrogen and oxygen atoms in total. The van der Waals surface area contributed by atoms with E-state index in [1.807, 2.05) is 27.7 Å². The lowest BCUT2D eigenvalue weighted by Gasteiger charge is -2.12. The number of ketones is 1. The quantitative estimate of drug-likeness (QED) is 0.745. The highest BCUT2D eigenvalue weighted by atomic mass is 35.5. The summed E-state index contributed by atoms with van der Waals surface area (Å²) in [5.41, 5.74) is 1.18. The second kappa shape index (κ2) is 8.54. The SMILES string of the molecule is CC(C)CC(=O)Cc1cc(Cl)c(NC(=O)CC(C)C)cc1Cl. The fourth-order valence-electron chi connectivity index (χ4n) is 2.13. The molecule has 0 fully saturated rings. The minimum atomic E-state index is -0.100. The van der Waals surface area contributed by atoms with Crippen LogP contribution in [0.25, 0.3) is 0 Å². The maximum Gasteiger partial charge on any atom is 0.224 e. The third-order valence-corrected chi connectivity index (χ3v) is 3.69. The molecule has 122 valence electrons. The fraction of sp³-hybridized carbons (Fsp3) is 0.529. The zero-order valence-electron chi connectivity index (χ0n) is 13.5. The number of Topliss-reactive ketones (excluding diaryl/α,β-unsaturated/α-hetero) is 1. The number of halogens is 2. The van der Waals surface area contributed by atoms with E-state index in [4.69, 9.17) is 23.2 Å². The van der Waals surface area contributed by atoms with E-state index in [1.165, 1.54) is 0 Å². The summed E-state index contributed by atoms with van der Waals surface area (Å²) in [6.45, 7) is 7.94. The average molecular weight is 344 g/mol. The molecule has 0 heterocycles. The number of nitrogens with one attached hydrogen (secondary N) is 1. The smallest absolute Gasteiger partial charge is 0.224 e. The van der Waals surface area contributed by atoms with Gasteiger partial charge in [-0.1, -0.05) is 50.9 Å². The van der Waals surface area contributed by atoms with Gasteiger partial charge in [-0.3, -0.25) is 9.59 Å². The summed E-state index contributed by atoms with van der Waals surface area (Å²) in [7, 11) is 0. The van der Waals surface area contributed by atoms with E-state index in [-0.39, 0.29) is 24.0 Å². The van der Waals surface area contributed by atoms with E-state index >= 15 is 0 Å². The Labute approximate surface area is 142 Å². The number of hydrogen-bond donors (Lipinski definition) is 1. The molecule has 0 unspecified atom stereocenters. The summed E-state index contributed by atoms with van der Waals surface area (Å²) in [5.74, 6) is 0.611. The minimum absolute atomic E-state index is 0.100. The van der Waals surface area contributed by atoms with Crippen molar-refractivity contribution < 1.29 is 9.59 Å². The molecule has 0 aliphatic rings. The van der Waals surface area contributed by atoms with Crippen LogP contribution in [0, 0.1) is 11.8 Å². The van der Waals surface area contributed by atoms with Gasteiger partial charge in [0.15, 0.2) is 0 Å². The van der Waals surface area contributed by atoms with Crippen LogP contribution in [0.2, 0.25) is 10.0 Å². The van der Waals surface area contributed by atoms with Gasteiger partial charge in [0.05, 0.1) is 10.7 Å². The third-order valence-electron chi connectivity index (χ3n) is 3.03. The van der Waals surface area contributed by atoms with Crippen molar-refractivity contribution in [2.24, 2.45) is 11.8 Å². The monoisotopic (exact) mass is 343 g/mol. The highest BCUT2D eigenvalue weighted by Gasteiger charge is 2.14. The Morgan fingerprint density at radius 2 is 1.59 bits per heavy atom. The Bertz CT molecular complexity index is 504. The van der Waals surface area contributed by atoms with Gasteiger partial charge in [-0.05, 0) is 29.5 Å².